The highest BCUT2D eigenvalue weighted by Crippen LogP contribution is 2.24. The molecule has 0 amide bonds. The molecule has 3 nitrogen and oxygen atoms in total. The molecule has 1 aliphatic rings. The average molecular weight is 244 g/mol. The Balaban J connectivity index is 2.33. The van der Waals surface area contributed by atoms with Gasteiger partial charge in [0.1, 0.15) is 0 Å². The van der Waals surface area contributed by atoms with Crippen LogP contribution in [0.3, 0.4) is 0 Å². The van der Waals surface area contributed by atoms with Crippen LogP contribution in [0.5, 0.6) is 0 Å². The lowest BCUT2D eigenvalue weighted by atomic mass is 9.89. The van der Waals surface area contributed by atoms with Crippen LogP contribution in [0, 0.1) is 11.3 Å². The summed E-state index contributed by atoms with van der Waals surface area (Å²) in [6, 6.07) is 0. The van der Waals surface area contributed by atoms with Crippen LogP contribution in [-0.2, 0) is 0 Å². The molecule has 2 unspecified atom stereocenters. The molecule has 94 valence electrons. The first kappa shape index (κ1) is 13.9. The van der Waals surface area contributed by atoms with E-state index in [9.17, 15) is 5.11 Å². The molecule has 0 aliphatic carbocycles. The summed E-state index contributed by atoms with van der Waals surface area (Å²) in [6.07, 6.45) is 1.91. The van der Waals surface area contributed by atoms with Gasteiger partial charge in [0.2, 0.25) is 0 Å². The van der Waals surface area contributed by atoms with E-state index in [0.29, 0.717) is 10.9 Å². The van der Waals surface area contributed by atoms with Crippen molar-refractivity contribution in [1.82, 2.24) is 4.90 Å². The van der Waals surface area contributed by atoms with Crippen molar-refractivity contribution in [1.29, 1.82) is 0 Å². The second-order valence-corrected chi connectivity index (χ2v) is 6.03. The quantitative estimate of drug-likeness (QED) is 0.718. The number of rotatable bonds is 5. The molecule has 1 fully saturated rings. The summed E-state index contributed by atoms with van der Waals surface area (Å²) in [5, 5.41) is 9.52. The van der Waals surface area contributed by atoms with Crippen LogP contribution in [0.15, 0.2) is 0 Å². The van der Waals surface area contributed by atoms with Gasteiger partial charge in [0.15, 0.2) is 0 Å². The maximum absolute atomic E-state index is 9.52. The molecule has 1 heterocycles. The molecule has 4 heteroatoms. The average Bonchev–Trinajstić information content (AvgIpc) is 2.63. The van der Waals surface area contributed by atoms with E-state index in [-0.39, 0.29) is 11.5 Å². The lowest BCUT2D eigenvalue weighted by Crippen LogP contribution is -2.34. The van der Waals surface area contributed by atoms with Crippen molar-refractivity contribution in [3.63, 3.8) is 0 Å². The van der Waals surface area contributed by atoms with Gasteiger partial charge < -0.3 is 15.7 Å². The van der Waals surface area contributed by atoms with Crippen molar-refractivity contribution < 1.29 is 5.11 Å². The molecular formula is C12H24N2OS. The molecule has 0 aromatic rings. The van der Waals surface area contributed by atoms with E-state index in [1.165, 1.54) is 0 Å². The lowest BCUT2D eigenvalue weighted by molar-refractivity contribution is 0.127. The number of aliphatic hydroxyl groups excluding tert-OH is 1. The zero-order chi connectivity index (χ0) is 12.3. The summed E-state index contributed by atoms with van der Waals surface area (Å²) < 4.78 is 0. The predicted molar refractivity (Wildman–Crippen MR) is 71.4 cm³/mol. The van der Waals surface area contributed by atoms with Crippen molar-refractivity contribution in [3.8, 4) is 0 Å². The first-order valence-corrected chi connectivity index (χ1v) is 6.44. The molecule has 0 radical (unpaired) electrons. The summed E-state index contributed by atoms with van der Waals surface area (Å²) in [6.45, 7) is 9.18. The number of hydrogen-bond acceptors (Lipinski definition) is 3. The van der Waals surface area contributed by atoms with Crippen LogP contribution >= 0.6 is 12.2 Å². The van der Waals surface area contributed by atoms with Gasteiger partial charge in [-0.25, -0.2) is 0 Å². The summed E-state index contributed by atoms with van der Waals surface area (Å²) in [5.74, 6) is 0.438. The molecule has 1 saturated heterocycles. The third-order valence-electron chi connectivity index (χ3n) is 3.71. The zero-order valence-electron chi connectivity index (χ0n) is 10.6. The fraction of sp³-hybridized carbons (Fsp3) is 0.917. The molecule has 0 bridgehead atoms. The predicted octanol–water partition coefficient (Wildman–Crippen LogP) is 1.39. The number of hydrogen-bond donors (Lipinski definition) is 2. The molecule has 1 rings (SSSR count). The van der Waals surface area contributed by atoms with Crippen LogP contribution in [0.2, 0.25) is 0 Å². The Kier molecular flexibility index (Phi) is 4.71. The van der Waals surface area contributed by atoms with Crippen molar-refractivity contribution in [2.24, 2.45) is 17.1 Å². The lowest BCUT2D eigenvalue weighted by Gasteiger charge is -2.26. The third kappa shape index (κ3) is 3.68. The van der Waals surface area contributed by atoms with E-state index >= 15 is 0 Å². The monoisotopic (exact) mass is 244 g/mol. The molecule has 1 aliphatic heterocycles. The minimum Gasteiger partial charge on any atom is -0.393 e. The standard InChI is InChI=1S/C12H24N2OS/c1-9(15)10-4-6-14(8-10)7-5-12(2,3)11(13)16/h9-10,15H,4-8H2,1-3H3,(H2,13,16). The van der Waals surface area contributed by atoms with Crippen LogP contribution in [0.25, 0.3) is 0 Å². The first-order valence-electron chi connectivity index (χ1n) is 6.03. The van der Waals surface area contributed by atoms with Crippen molar-refractivity contribution >= 4 is 17.2 Å². The largest absolute Gasteiger partial charge is 0.393 e. The summed E-state index contributed by atoms with van der Waals surface area (Å²) >= 11 is 5.06. The first-order chi connectivity index (χ1) is 7.33. The molecule has 0 aromatic carbocycles. The number of nitrogens with two attached hydrogens (primary N) is 1. The number of aliphatic hydroxyl groups is 1. The molecule has 16 heavy (non-hydrogen) atoms. The minimum atomic E-state index is -0.186. The maximum Gasteiger partial charge on any atom is 0.0784 e. The number of likely N-dealkylation sites (tertiary alicyclic amines) is 1. The van der Waals surface area contributed by atoms with Crippen LogP contribution < -0.4 is 5.73 Å². The second-order valence-electron chi connectivity index (χ2n) is 5.59. The topological polar surface area (TPSA) is 49.5 Å². The normalized spacial score (nSPS) is 24.6. The smallest absolute Gasteiger partial charge is 0.0784 e. The van der Waals surface area contributed by atoms with E-state index in [2.05, 4.69) is 18.7 Å². The van der Waals surface area contributed by atoms with Crippen LogP contribution in [0.4, 0.5) is 0 Å². The van der Waals surface area contributed by atoms with E-state index in [4.69, 9.17) is 18.0 Å². The Bertz CT molecular complexity index is 253. The van der Waals surface area contributed by atoms with Gasteiger partial charge >= 0.3 is 0 Å². The second kappa shape index (κ2) is 5.43. The Hall–Kier alpha value is -0.190. The summed E-state index contributed by atoms with van der Waals surface area (Å²) in [4.78, 5) is 3.00. The zero-order valence-corrected chi connectivity index (χ0v) is 11.4. The van der Waals surface area contributed by atoms with E-state index in [1.54, 1.807) is 0 Å². The van der Waals surface area contributed by atoms with Crippen molar-refractivity contribution in [3.05, 3.63) is 0 Å². The van der Waals surface area contributed by atoms with E-state index in [0.717, 1.165) is 32.5 Å². The van der Waals surface area contributed by atoms with Crippen molar-refractivity contribution in [2.45, 2.75) is 39.7 Å². The van der Waals surface area contributed by atoms with Gasteiger partial charge in [0, 0.05) is 12.0 Å². The van der Waals surface area contributed by atoms with Gasteiger partial charge in [0.05, 0.1) is 11.1 Å². The molecule has 0 spiro atoms. The molecule has 0 aromatic heterocycles. The molecule has 0 saturated carbocycles. The fourth-order valence-corrected chi connectivity index (χ4v) is 2.12. The molecular weight excluding hydrogens is 220 g/mol. The van der Waals surface area contributed by atoms with Gasteiger partial charge in [-0.1, -0.05) is 26.1 Å². The van der Waals surface area contributed by atoms with E-state index < -0.39 is 0 Å². The minimum absolute atomic E-state index is 0.0573. The SMILES string of the molecule is CC(O)C1CCN(CCC(C)(C)C(N)=S)C1. The summed E-state index contributed by atoms with van der Waals surface area (Å²) in [7, 11) is 0. The third-order valence-corrected chi connectivity index (χ3v) is 4.26. The highest BCUT2D eigenvalue weighted by atomic mass is 32.1. The van der Waals surface area contributed by atoms with Crippen LogP contribution in [-0.4, -0.2) is 40.7 Å². The Labute approximate surface area is 104 Å². The van der Waals surface area contributed by atoms with Crippen molar-refractivity contribution in [2.75, 3.05) is 19.6 Å². The van der Waals surface area contributed by atoms with Gasteiger partial charge in [-0.2, -0.15) is 0 Å². The van der Waals surface area contributed by atoms with Gasteiger partial charge in [0.25, 0.3) is 0 Å². The molecule has 2 atom stereocenters. The Morgan fingerprint density at radius 1 is 1.62 bits per heavy atom. The van der Waals surface area contributed by atoms with Gasteiger partial charge in [-0.3, -0.25) is 0 Å². The van der Waals surface area contributed by atoms with Crippen LogP contribution in [0.1, 0.15) is 33.6 Å². The summed E-state index contributed by atoms with van der Waals surface area (Å²) in [5.41, 5.74) is 5.65. The number of nitrogens with zero attached hydrogens (tertiary/aromatic N) is 1. The highest BCUT2D eigenvalue weighted by molar-refractivity contribution is 7.80. The maximum atomic E-state index is 9.52. The van der Waals surface area contributed by atoms with Gasteiger partial charge in [-0.05, 0) is 38.8 Å². The van der Waals surface area contributed by atoms with Gasteiger partial charge in [-0.15, -0.1) is 0 Å². The highest BCUT2D eigenvalue weighted by Gasteiger charge is 2.28. The fourth-order valence-electron chi connectivity index (χ4n) is 2.02. The van der Waals surface area contributed by atoms with E-state index in [1.807, 2.05) is 6.92 Å². The Morgan fingerprint density at radius 3 is 2.69 bits per heavy atom. The number of thiocarbonyl (C=S) groups is 1. The molecule has 3 N–H and O–H groups in total. The Morgan fingerprint density at radius 2 is 2.25 bits per heavy atom.